The number of imidazole rings is 1. The molecule has 1 aliphatic rings. The number of carbonyl (C=O) groups excluding carboxylic acids is 1. The molecule has 0 atom stereocenters. The van der Waals surface area contributed by atoms with Crippen molar-refractivity contribution in [2.45, 2.75) is 25.8 Å². The van der Waals surface area contributed by atoms with Crippen molar-refractivity contribution < 1.29 is 9.53 Å². The molecule has 0 bridgehead atoms. The Kier molecular flexibility index (Phi) is 3.65. The molecule has 1 aromatic carbocycles. The second-order valence-electron chi connectivity index (χ2n) is 5.85. The van der Waals surface area contributed by atoms with Gasteiger partial charge in [0.25, 0.3) is 5.91 Å². The number of aryl methyl sites for hydroxylation is 1. The monoisotopic (exact) mass is 322 g/mol. The number of methoxy groups -OCH3 is 1. The van der Waals surface area contributed by atoms with Gasteiger partial charge in [-0.1, -0.05) is 18.2 Å². The number of nitrogens with zero attached hydrogens (tertiary/aromatic N) is 3. The average Bonchev–Trinajstić information content (AvgIpc) is 3.03. The smallest absolute Gasteiger partial charge is 0.257 e. The molecular formula is C18H18N4O2. The normalized spacial score (nSPS) is 13.5. The van der Waals surface area contributed by atoms with Crippen molar-refractivity contribution in [3.63, 3.8) is 0 Å². The Morgan fingerprint density at radius 2 is 2.17 bits per heavy atom. The van der Waals surface area contributed by atoms with Crippen LogP contribution in [0.1, 0.15) is 29.0 Å². The van der Waals surface area contributed by atoms with E-state index in [2.05, 4.69) is 19.9 Å². The van der Waals surface area contributed by atoms with Crippen molar-refractivity contribution >= 4 is 22.6 Å². The van der Waals surface area contributed by atoms with Crippen LogP contribution in [0.15, 0.2) is 36.5 Å². The van der Waals surface area contributed by atoms with Gasteiger partial charge < -0.3 is 14.6 Å². The van der Waals surface area contributed by atoms with Crippen molar-refractivity contribution in [1.82, 2.24) is 14.5 Å². The Labute approximate surface area is 139 Å². The molecule has 3 heterocycles. The first kappa shape index (κ1) is 14.7. The van der Waals surface area contributed by atoms with E-state index in [1.54, 1.807) is 19.4 Å². The zero-order valence-corrected chi connectivity index (χ0v) is 13.5. The maximum absolute atomic E-state index is 12.8. The number of fused-ring (bicyclic) bond motifs is 2. The van der Waals surface area contributed by atoms with Crippen LogP contribution in [0, 0.1) is 0 Å². The maximum atomic E-state index is 12.8. The van der Waals surface area contributed by atoms with Gasteiger partial charge in [0.2, 0.25) is 5.88 Å². The van der Waals surface area contributed by atoms with Crippen LogP contribution in [0.2, 0.25) is 0 Å². The number of pyridine rings is 1. The zero-order valence-electron chi connectivity index (χ0n) is 13.5. The van der Waals surface area contributed by atoms with Gasteiger partial charge in [-0.25, -0.2) is 9.97 Å². The zero-order chi connectivity index (χ0) is 16.5. The van der Waals surface area contributed by atoms with Crippen molar-refractivity contribution in [3.05, 3.63) is 47.9 Å². The molecule has 0 unspecified atom stereocenters. The number of nitrogens with one attached hydrogen (secondary N) is 1. The topological polar surface area (TPSA) is 69.0 Å². The minimum absolute atomic E-state index is 0.180. The predicted octanol–water partition coefficient (Wildman–Crippen LogP) is 3.03. The molecule has 122 valence electrons. The molecule has 3 aromatic rings. The number of aromatic nitrogens is 3. The molecule has 0 spiro atoms. The Hall–Kier alpha value is -2.89. The van der Waals surface area contributed by atoms with Crippen LogP contribution >= 0.6 is 0 Å². The summed E-state index contributed by atoms with van der Waals surface area (Å²) in [7, 11) is 1.55. The summed E-state index contributed by atoms with van der Waals surface area (Å²) in [6.07, 6.45) is 4.95. The Balaban J connectivity index is 1.72. The number of hydrogen-bond donors (Lipinski definition) is 1. The van der Waals surface area contributed by atoms with Crippen LogP contribution in [0.4, 0.5) is 5.82 Å². The largest absolute Gasteiger partial charge is 0.481 e. The molecule has 2 aromatic heterocycles. The van der Waals surface area contributed by atoms with Crippen LogP contribution < -0.4 is 10.1 Å². The number of para-hydroxylation sites is 1. The van der Waals surface area contributed by atoms with Crippen molar-refractivity contribution in [1.29, 1.82) is 0 Å². The fourth-order valence-corrected chi connectivity index (χ4v) is 3.14. The van der Waals surface area contributed by atoms with Gasteiger partial charge in [0.15, 0.2) is 0 Å². The van der Waals surface area contributed by atoms with E-state index >= 15 is 0 Å². The highest BCUT2D eigenvalue weighted by atomic mass is 16.5. The quantitative estimate of drug-likeness (QED) is 0.805. The van der Waals surface area contributed by atoms with E-state index in [1.165, 1.54) is 0 Å². The third kappa shape index (κ3) is 2.50. The number of carbonyl (C=O) groups is 1. The Morgan fingerprint density at radius 3 is 3.04 bits per heavy atom. The minimum atomic E-state index is -0.180. The second-order valence-corrected chi connectivity index (χ2v) is 5.85. The first-order chi connectivity index (χ1) is 11.8. The average molecular weight is 322 g/mol. The molecule has 1 N–H and O–H groups in total. The van der Waals surface area contributed by atoms with Crippen LogP contribution in [-0.4, -0.2) is 27.6 Å². The van der Waals surface area contributed by atoms with Crippen molar-refractivity contribution in [2.24, 2.45) is 0 Å². The molecule has 4 rings (SSSR count). The van der Waals surface area contributed by atoms with E-state index in [-0.39, 0.29) is 5.91 Å². The van der Waals surface area contributed by atoms with E-state index in [1.807, 2.05) is 24.3 Å². The van der Waals surface area contributed by atoms with E-state index in [0.29, 0.717) is 11.4 Å². The molecule has 0 radical (unpaired) electrons. The van der Waals surface area contributed by atoms with E-state index in [4.69, 9.17) is 4.74 Å². The molecule has 0 saturated heterocycles. The molecule has 0 aliphatic carbocycles. The molecule has 1 aliphatic heterocycles. The molecule has 6 nitrogen and oxygen atoms in total. The summed E-state index contributed by atoms with van der Waals surface area (Å²) in [5.41, 5.74) is 1.28. The summed E-state index contributed by atoms with van der Waals surface area (Å²) >= 11 is 0. The highest BCUT2D eigenvalue weighted by molar-refractivity contribution is 6.12. The van der Waals surface area contributed by atoms with Gasteiger partial charge in [-0.05, 0) is 18.9 Å². The standard InChI is InChI=1S/C18H18N4O2/c1-24-17-10-13(12-6-2-3-7-14(12)20-17)18(23)21-16-11-19-15-8-4-5-9-22(15)16/h2-3,6-7,10-11H,4-5,8-9H2,1H3,(H,21,23). The maximum Gasteiger partial charge on any atom is 0.257 e. The summed E-state index contributed by atoms with van der Waals surface area (Å²) < 4.78 is 7.32. The minimum Gasteiger partial charge on any atom is -0.481 e. The van der Waals surface area contributed by atoms with E-state index in [9.17, 15) is 4.79 Å². The number of rotatable bonds is 3. The highest BCUT2D eigenvalue weighted by Crippen LogP contribution is 2.24. The fourth-order valence-electron chi connectivity index (χ4n) is 3.14. The van der Waals surface area contributed by atoms with E-state index < -0.39 is 0 Å². The van der Waals surface area contributed by atoms with Gasteiger partial charge in [0, 0.05) is 24.4 Å². The van der Waals surface area contributed by atoms with E-state index in [0.717, 1.165) is 48.4 Å². The first-order valence-corrected chi connectivity index (χ1v) is 8.06. The van der Waals surface area contributed by atoms with Crippen LogP contribution in [-0.2, 0) is 13.0 Å². The summed E-state index contributed by atoms with van der Waals surface area (Å²) in [5.74, 6) is 2.03. The summed E-state index contributed by atoms with van der Waals surface area (Å²) in [5, 5.41) is 3.79. The second kappa shape index (κ2) is 5.96. The molecule has 0 fully saturated rings. The van der Waals surface area contributed by atoms with Gasteiger partial charge >= 0.3 is 0 Å². The van der Waals surface area contributed by atoms with Gasteiger partial charge in [0.1, 0.15) is 11.6 Å². The molecule has 6 heteroatoms. The molecule has 0 saturated carbocycles. The van der Waals surface area contributed by atoms with Gasteiger partial charge in [-0.3, -0.25) is 4.79 Å². The SMILES string of the molecule is COc1cc(C(=O)Nc2cnc3n2CCCC3)c2ccccc2n1. The lowest BCUT2D eigenvalue weighted by Crippen LogP contribution is -2.18. The van der Waals surface area contributed by atoms with Crippen LogP contribution in [0.3, 0.4) is 0 Å². The Morgan fingerprint density at radius 1 is 1.29 bits per heavy atom. The summed E-state index contributed by atoms with van der Waals surface area (Å²) in [6, 6.07) is 9.22. The van der Waals surface area contributed by atoms with Crippen molar-refractivity contribution in [2.75, 3.05) is 12.4 Å². The fraction of sp³-hybridized carbons (Fsp3) is 0.278. The molecule has 24 heavy (non-hydrogen) atoms. The molecule has 1 amide bonds. The van der Waals surface area contributed by atoms with Gasteiger partial charge in [0.05, 0.1) is 24.4 Å². The third-order valence-corrected chi connectivity index (χ3v) is 4.36. The predicted molar refractivity (Wildman–Crippen MR) is 91.4 cm³/mol. The highest BCUT2D eigenvalue weighted by Gasteiger charge is 2.18. The number of benzene rings is 1. The number of hydrogen-bond acceptors (Lipinski definition) is 4. The molecular weight excluding hydrogens is 304 g/mol. The van der Waals surface area contributed by atoms with Crippen LogP contribution in [0.5, 0.6) is 5.88 Å². The summed E-state index contributed by atoms with van der Waals surface area (Å²) in [4.78, 5) is 21.6. The summed E-state index contributed by atoms with van der Waals surface area (Å²) in [6.45, 7) is 0.894. The Bertz CT molecular complexity index is 917. The van der Waals surface area contributed by atoms with Gasteiger partial charge in [-0.2, -0.15) is 0 Å². The van der Waals surface area contributed by atoms with Crippen LogP contribution in [0.25, 0.3) is 10.9 Å². The number of ether oxygens (including phenoxy) is 1. The van der Waals surface area contributed by atoms with Gasteiger partial charge in [-0.15, -0.1) is 0 Å². The lowest BCUT2D eigenvalue weighted by atomic mass is 10.1. The lowest BCUT2D eigenvalue weighted by Gasteiger charge is -2.17. The lowest BCUT2D eigenvalue weighted by molar-refractivity contribution is 0.102. The number of amides is 1. The van der Waals surface area contributed by atoms with Crippen molar-refractivity contribution in [3.8, 4) is 5.88 Å². The first-order valence-electron chi connectivity index (χ1n) is 8.06. The number of anilines is 1. The third-order valence-electron chi connectivity index (χ3n) is 4.36.